The summed E-state index contributed by atoms with van der Waals surface area (Å²) >= 11 is 9.62. The molecule has 0 bridgehead atoms. The first-order valence-electron chi connectivity index (χ1n) is 10.0. The summed E-state index contributed by atoms with van der Waals surface area (Å²) in [7, 11) is 0. The van der Waals surface area contributed by atoms with E-state index >= 15 is 0 Å². The molecule has 32 heavy (non-hydrogen) atoms. The van der Waals surface area contributed by atoms with Crippen LogP contribution in [0.3, 0.4) is 0 Å². The van der Waals surface area contributed by atoms with Crippen LogP contribution in [0.1, 0.15) is 31.4 Å². The fourth-order valence-electron chi connectivity index (χ4n) is 3.02. The van der Waals surface area contributed by atoms with Crippen molar-refractivity contribution < 1.29 is 23.9 Å². The number of ether oxygens (including phenoxy) is 2. The summed E-state index contributed by atoms with van der Waals surface area (Å²) < 4.78 is 12.0. The zero-order valence-electron chi connectivity index (χ0n) is 17.8. The Balaban J connectivity index is 2.03. The molecule has 0 unspecified atom stereocenters. The van der Waals surface area contributed by atoms with Gasteiger partial charge < -0.3 is 9.47 Å². The third-order valence-electron chi connectivity index (χ3n) is 4.64. The van der Waals surface area contributed by atoms with Crippen molar-refractivity contribution >= 4 is 57.1 Å². The molecule has 1 aliphatic rings. The molecule has 1 aliphatic heterocycles. The van der Waals surface area contributed by atoms with Gasteiger partial charge in [0.1, 0.15) is 5.57 Å². The standard InChI is InChI=1S/C23H22BrClN2O5/c1-4-8-32-20-12-17(24)14(10-19(20)31-5-2)9-16-21(28)26-23(30)27(22(16)29)15-7-6-13(3)18(25)11-15/h6-7,9-12H,4-5,8H2,1-3H3,(H,26,28,30)/b16-9+. The number of barbiturate groups is 1. The smallest absolute Gasteiger partial charge is 0.335 e. The normalized spacial score (nSPS) is 15.2. The van der Waals surface area contributed by atoms with Crippen molar-refractivity contribution in [2.24, 2.45) is 0 Å². The van der Waals surface area contributed by atoms with Crippen LogP contribution in [-0.2, 0) is 9.59 Å². The summed E-state index contributed by atoms with van der Waals surface area (Å²) in [6, 6.07) is 7.35. The van der Waals surface area contributed by atoms with Gasteiger partial charge in [-0.15, -0.1) is 0 Å². The Hall–Kier alpha value is -2.84. The molecule has 2 aromatic carbocycles. The number of carbonyl (C=O) groups is 3. The first kappa shape index (κ1) is 23.8. The van der Waals surface area contributed by atoms with Crippen molar-refractivity contribution in [3.05, 3.63) is 56.5 Å². The van der Waals surface area contributed by atoms with Gasteiger partial charge in [-0.1, -0.05) is 40.5 Å². The zero-order chi connectivity index (χ0) is 23.4. The quantitative estimate of drug-likeness (QED) is 0.397. The number of benzene rings is 2. The number of nitrogens with zero attached hydrogens (tertiary/aromatic N) is 1. The van der Waals surface area contributed by atoms with Crippen LogP contribution in [0, 0.1) is 6.92 Å². The van der Waals surface area contributed by atoms with Crippen molar-refractivity contribution in [2.45, 2.75) is 27.2 Å². The molecule has 0 spiro atoms. The first-order chi connectivity index (χ1) is 15.3. The molecule has 1 heterocycles. The lowest BCUT2D eigenvalue weighted by atomic mass is 10.1. The number of aryl methyl sites for hydroxylation is 1. The fraction of sp³-hybridized carbons (Fsp3) is 0.261. The molecular formula is C23H22BrClN2O5. The van der Waals surface area contributed by atoms with E-state index in [1.165, 1.54) is 12.1 Å². The molecule has 1 fully saturated rings. The molecule has 9 heteroatoms. The maximum atomic E-state index is 13.1. The van der Waals surface area contributed by atoms with Crippen LogP contribution in [0.15, 0.2) is 40.4 Å². The van der Waals surface area contributed by atoms with Gasteiger partial charge >= 0.3 is 6.03 Å². The van der Waals surface area contributed by atoms with Gasteiger partial charge in [0.15, 0.2) is 11.5 Å². The number of rotatable bonds is 7. The Kier molecular flexibility index (Phi) is 7.58. The second kappa shape index (κ2) is 10.2. The van der Waals surface area contributed by atoms with E-state index < -0.39 is 17.8 Å². The average Bonchev–Trinajstić information content (AvgIpc) is 2.74. The lowest BCUT2D eigenvalue weighted by molar-refractivity contribution is -0.122. The molecule has 3 rings (SSSR count). The highest BCUT2D eigenvalue weighted by Crippen LogP contribution is 2.36. The maximum absolute atomic E-state index is 13.1. The molecule has 0 radical (unpaired) electrons. The van der Waals surface area contributed by atoms with Gasteiger partial charge in [-0.05, 0) is 61.7 Å². The summed E-state index contributed by atoms with van der Waals surface area (Å²) in [5.74, 6) is -0.508. The van der Waals surface area contributed by atoms with Crippen molar-refractivity contribution in [3.63, 3.8) is 0 Å². The second-order valence-electron chi connectivity index (χ2n) is 6.99. The van der Waals surface area contributed by atoms with Crippen LogP contribution in [0.5, 0.6) is 11.5 Å². The first-order valence-corrected chi connectivity index (χ1v) is 11.2. The molecule has 7 nitrogen and oxygen atoms in total. The van der Waals surface area contributed by atoms with E-state index in [1.807, 2.05) is 13.8 Å². The molecule has 2 aromatic rings. The topological polar surface area (TPSA) is 84.9 Å². The summed E-state index contributed by atoms with van der Waals surface area (Å²) in [5.41, 5.74) is 1.38. The zero-order valence-corrected chi connectivity index (χ0v) is 20.2. The second-order valence-corrected chi connectivity index (χ2v) is 8.25. The van der Waals surface area contributed by atoms with E-state index in [9.17, 15) is 14.4 Å². The predicted molar refractivity (Wildman–Crippen MR) is 126 cm³/mol. The van der Waals surface area contributed by atoms with Crippen LogP contribution in [0.4, 0.5) is 10.5 Å². The van der Waals surface area contributed by atoms with E-state index in [0.29, 0.717) is 39.8 Å². The molecule has 4 amide bonds. The number of halogens is 2. The van der Waals surface area contributed by atoms with Crippen LogP contribution in [0.25, 0.3) is 6.08 Å². The molecule has 1 saturated heterocycles. The number of urea groups is 1. The highest BCUT2D eigenvalue weighted by atomic mass is 79.9. The number of hydrogen-bond acceptors (Lipinski definition) is 5. The monoisotopic (exact) mass is 520 g/mol. The van der Waals surface area contributed by atoms with Crippen molar-refractivity contribution in [3.8, 4) is 11.5 Å². The van der Waals surface area contributed by atoms with Crippen molar-refractivity contribution in [2.75, 3.05) is 18.1 Å². The van der Waals surface area contributed by atoms with Gasteiger partial charge in [0.25, 0.3) is 11.8 Å². The largest absolute Gasteiger partial charge is 0.490 e. The van der Waals surface area contributed by atoms with Crippen LogP contribution in [-0.4, -0.2) is 31.1 Å². The molecule has 1 N–H and O–H groups in total. The number of imide groups is 2. The summed E-state index contributed by atoms with van der Waals surface area (Å²) in [6.45, 7) is 6.58. The number of hydrogen-bond donors (Lipinski definition) is 1. The number of carbonyl (C=O) groups excluding carboxylic acids is 3. The maximum Gasteiger partial charge on any atom is 0.335 e. The molecular weight excluding hydrogens is 500 g/mol. The molecule has 0 saturated carbocycles. The Morgan fingerprint density at radius 3 is 2.47 bits per heavy atom. The average molecular weight is 522 g/mol. The Bertz CT molecular complexity index is 1120. The van der Waals surface area contributed by atoms with E-state index in [4.69, 9.17) is 21.1 Å². The fourth-order valence-corrected chi connectivity index (χ4v) is 3.63. The van der Waals surface area contributed by atoms with Crippen molar-refractivity contribution in [1.29, 1.82) is 0 Å². The van der Waals surface area contributed by atoms with E-state index in [-0.39, 0.29) is 11.3 Å². The minimum atomic E-state index is -0.838. The minimum Gasteiger partial charge on any atom is -0.490 e. The lowest BCUT2D eigenvalue weighted by Crippen LogP contribution is -2.54. The highest BCUT2D eigenvalue weighted by molar-refractivity contribution is 9.10. The predicted octanol–water partition coefficient (Wildman–Crippen LogP) is 5.26. The van der Waals surface area contributed by atoms with E-state index in [1.54, 1.807) is 31.2 Å². The Morgan fingerprint density at radius 2 is 1.81 bits per heavy atom. The summed E-state index contributed by atoms with van der Waals surface area (Å²) in [5, 5.41) is 2.61. The summed E-state index contributed by atoms with van der Waals surface area (Å²) in [4.78, 5) is 38.9. The van der Waals surface area contributed by atoms with Gasteiger partial charge in [-0.3, -0.25) is 14.9 Å². The number of anilines is 1. The molecule has 0 aliphatic carbocycles. The highest BCUT2D eigenvalue weighted by Gasteiger charge is 2.37. The lowest BCUT2D eigenvalue weighted by Gasteiger charge is -2.26. The van der Waals surface area contributed by atoms with E-state index in [0.717, 1.165) is 16.9 Å². The van der Waals surface area contributed by atoms with Crippen molar-refractivity contribution in [1.82, 2.24) is 5.32 Å². The van der Waals surface area contributed by atoms with Gasteiger partial charge in [0.05, 0.1) is 18.9 Å². The van der Waals surface area contributed by atoms with Gasteiger partial charge in [-0.25, -0.2) is 9.69 Å². The summed E-state index contributed by atoms with van der Waals surface area (Å²) in [6.07, 6.45) is 2.24. The van der Waals surface area contributed by atoms with E-state index in [2.05, 4.69) is 21.2 Å². The molecule has 0 aromatic heterocycles. The number of nitrogens with one attached hydrogen (secondary N) is 1. The SMILES string of the molecule is CCCOc1cc(Br)c(/C=C2\C(=O)NC(=O)N(c3ccc(C)c(Cl)c3)C2=O)cc1OCC. The molecule has 0 atom stereocenters. The number of amides is 4. The van der Waals surface area contributed by atoms with Crippen LogP contribution in [0.2, 0.25) is 5.02 Å². The third kappa shape index (κ3) is 4.97. The minimum absolute atomic E-state index is 0.202. The van der Waals surface area contributed by atoms with Crippen LogP contribution >= 0.6 is 27.5 Å². The van der Waals surface area contributed by atoms with Crippen LogP contribution < -0.4 is 19.7 Å². The Morgan fingerprint density at radius 1 is 1.09 bits per heavy atom. The third-order valence-corrected chi connectivity index (χ3v) is 5.73. The molecule has 168 valence electrons. The Labute approximate surface area is 199 Å². The van der Waals surface area contributed by atoms with Gasteiger partial charge in [0, 0.05) is 9.50 Å². The van der Waals surface area contributed by atoms with Gasteiger partial charge in [0.2, 0.25) is 0 Å². The van der Waals surface area contributed by atoms with Gasteiger partial charge in [-0.2, -0.15) is 0 Å².